The maximum Gasteiger partial charge on any atom is 0.0700 e. The third-order valence-corrected chi connectivity index (χ3v) is 3.35. The summed E-state index contributed by atoms with van der Waals surface area (Å²) in [6, 6.07) is 0.290. The molecule has 1 aromatic heterocycles. The molecule has 2 rings (SSSR count). The van der Waals surface area contributed by atoms with Gasteiger partial charge in [0.05, 0.1) is 24.9 Å². The second kappa shape index (κ2) is 6.31. The minimum Gasteiger partial charge on any atom is -0.394 e. The average molecular weight is 253 g/mol. The molecule has 0 amide bonds. The van der Waals surface area contributed by atoms with Crippen LogP contribution < -0.4 is 5.32 Å². The van der Waals surface area contributed by atoms with Gasteiger partial charge in [-0.25, -0.2) is 0 Å². The lowest BCUT2D eigenvalue weighted by atomic mass is 10.1. The first-order valence-electron chi connectivity index (χ1n) is 6.70. The van der Waals surface area contributed by atoms with Crippen molar-refractivity contribution in [2.45, 2.75) is 44.9 Å². The first-order valence-corrected chi connectivity index (χ1v) is 6.70. The number of hydrogen-bond donors (Lipinski definition) is 2. The molecule has 5 nitrogen and oxygen atoms in total. The van der Waals surface area contributed by atoms with Crippen molar-refractivity contribution in [3.05, 3.63) is 18.0 Å². The molecule has 0 radical (unpaired) electrons. The number of nitrogens with zero attached hydrogens (tertiary/aromatic N) is 2. The van der Waals surface area contributed by atoms with Crippen LogP contribution in [0.25, 0.3) is 0 Å². The fraction of sp³-hybridized carbons (Fsp3) is 0.769. The minimum atomic E-state index is -0.0540. The fourth-order valence-corrected chi connectivity index (χ4v) is 2.18. The molecule has 1 saturated heterocycles. The number of aromatic nitrogens is 2. The van der Waals surface area contributed by atoms with Gasteiger partial charge in [0.2, 0.25) is 0 Å². The van der Waals surface area contributed by atoms with E-state index in [4.69, 9.17) is 4.74 Å². The van der Waals surface area contributed by atoms with Gasteiger partial charge in [0.25, 0.3) is 0 Å². The summed E-state index contributed by atoms with van der Waals surface area (Å²) >= 11 is 0. The smallest absolute Gasteiger partial charge is 0.0700 e. The van der Waals surface area contributed by atoms with Crippen LogP contribution in [-0.4, -0.2) is 40.7 Å². The van der Waals surface area contributed by atoms with Crippen molar-refractivity contribution in [3.63, 3.8) is 0 Å². The predicted octanol–water partition coefficient (Wildman–Crippen LogP) is 1.27. The number of aliphatic hydroxyl groups is 1. The van der Waals surface area contributed by atoms with Crippen LogP contribution in [0, 0.1) is 0 Å². The van der Waals surface area contributed by atoms with Crippen molar-refractivity contribution in [1.29, 1.82) is 0 Å². The van der Waals surface area contributed by atoms with Crippen molar-refractivity contribution in [2.75, 3.05) is 19.8 Å². The highest BCUT2D eigenvalue weighted by molar-refractivity contribution is 5.11. The Hall–Kier alpha value is -0.910. The van der Waals surface area contributed by atoms with Crippen molar-refractivity contribution in [2.24, 2.45) is 0 Å². The van der Waals surface area contributed by atoms with E-state index >= 15 is 0 Å². The molecular weight excluding hydrogens is 230 g/mol. The number of hydrogen-bond acceptors (Lipinski definition) is 4. The van der Waals surface area contributed by atoms with E-state index in [1.54, 1.807) is 0 Å². The van der Waals surface area contributed by atoms with E-state index in [0.29, 0.717) is 12.1 Å². The topological polar surface area (TPSA) is 59.3 Å². The lowest BCUT2D eigenvalue weighted by Gasteiger charge is -2.17. The standard InChI is InChI=1S/C13H23N3O2/c1-10(2)16-8-11(6-15-16)13(9-17)14-7-12-4-3-5-18-12/h6,8,10,12-14,17H,3-5,7,9H2,1-2H3. The van der Waals surface area contributed by atoms with Gasteiger partial charge in [-0.15, -0.1) is 0 Å². The molecule has 2 unspecified atom stereocenters. The SMILES string of the molecule is CC(C)n1cc(C(CO)NCC2CCCO2)cn1. The van der Waals surface area contributed by atoms with Gasteiger partial charge in [0, 0.05) is 31.0 Å². The van der Waals surface area contributed by atoms with Crippen LogP contribution in [0.15, 0.2) is 12.4 Å². The third kappa shape index (κ3) is 3.31. The van der Waals surface area contributed by atoms with Crippen LogP contribution in [0.4, 0.5) is 0 Å². The molecule has 18 heavy (non-hydrogen) atoms. The fourth-order valence-electron chi connectivity index (χ4n) is 2.18. The van der Waals surface area contributed by atoms with Crippen LogP contribution in [0.2, 0.25) is 0 Å². The maximum atomic E-state index is 9.46. The number of rotatable bonds is 6. The zero-order valence-electron chi connectivity index (χ0n) is 11.2. The van der Waals surface area contributed by atoms with Crippen LogP contribution >= 0.6 is 0 Å². The Morgan fingerprint density at radius 3 is 3.00 bits per heavy atom. The van der Waals surface area contributed by atoms with Gasteiger partial charge >= 0.3 is 0 Å². The summed E-state index contributed by atoms with van der Waals surface area (Å²) in [5.74, 6) is 0. The largest absolute Gasteiger partial charge is 0.394 e. The van der Waals surface area contributed by atoms with Crippen molar-refractivity contribution < 1.29 is 9.84 Å². The van der Waals surface area contributed by atoms with E-state index in [1.165, 1.54) is 0 Å². The van der Waals surface area contributed by atoms with Gasteiger partial charge in [-0.2, -0.15) is 5.10 Å². The molecule has 0 aromatic carbocycles. The minimum absolute atomic E-state index is 0.0540. The van der Waals surface area contributed by atoms with E-state index in [2.05, 4.69) is 24.3 Å². The molecule has 5 heteroatoms. The summed E-state index contributed by atoms with van der Waals surface area (Å²) < 4.78 is 7.47. The Balaban J connectivity index is 1.90. The first kappa shape index (κ1) is 13.5. The lowest BCUT2D eigenvalue weighted by Crippen LogP contribution is -2.31. The molecule has 1 aliphatic rings. The van der Waals surface area contributed by atoms with E-state index in [1.807, 2.05) is 17.1 Å². The molecule has 1 aliphatic heterocycles. The molecule has 1 aromatic rings. The van der Waals surface area contributed by atoms with E-state index in [-0.39, 0.29) is 12.6 Å². The maximum absolute atomic E-state index is 9.46. The van der Waals surface area contributed by atoms with Gasteiger partial charge < -0.3 is 15.2 Å². The van der Waals surface area contributed by atoms with Crippen molar-refractivity contribution in [3.8, 4) is 0 Å². The Morgan fingerprint density at radius 2 is 2.44 bits per heavy atom. The normalized spacial score (nSPS) is 21.7. The molecule has 102 valence electrons. The van der Waals surface area contributed by atoms with Crippen LogP contribution in [0.3, 0.4) is 0 Å². The molecule has 0 aliphatic carbocycles. The Bertz CT molecular complexity index is 359. The molecule has 2 heterocycles. The van der Waals surface area contributed by atoms with Crippen molar-refractivity contribution in [1.82, 2.24) is 15.1 Å². The van der Waals surface area contributed by atoms with Crippen molar-refractivity contribution >= 4 is 0 Å². The first-order chi connectivity index (χ1) is 8.70. The van der Waals surface area contributed by atoms with Crippen LogP contribution in [0.1, 0.15) is 44.3 Å². The molecule has 0 saturated carbocycles. The molecule has 2 N–H and O–H groups in total. The molecule has 1 fully saturated rings. The second-order valence-electron chi connectivity index (χ2n) is 5.13. The summed E-state index contributed by atoms with van der Waals surface area (Å²) in [6.45, 7) is 5.91. The molecule has 0 bridgehead atoms. The summed E-state index contributed by atoms with van der Waals surface area (Å²) in [7, 11) is 0. The van der Waals surface area contributed by atoms with Gasteiger partial charge in [-0.1, -0.05) is 0 Å². The summed E-state index contributed by atoms with van der Waals surface area (Å²) in [5.41, 5.74) is 1.03. The Kier molecular flexibility index (Phi) is 4.74. The zero-order chi connectivity index (χ0) is 13.0. The number of aliphatic hydroxyl groups excluding tert-OH is 1. The van der Waals surface area contributed by atoms with Crippen LogP contribution in [0.5, 0.6) is 0 Å². The van der Waals surface area contributed by atoms with Gasteiger partial charge in [0.15, 0.2) is 0 Å². The van der Waals surface area contributed by atoms with E-state index < -0.39 is 0 Å². The quantitative estimate of drug-likeness (QED) is 0.801. The van der Waals surface area contributed by atoms with Gasteiger partial charge in [-0.3, -0.25) is 4.68 Å². The molecular formula is C13H23N3O2. The van der Waals surface area contributed by atoms with Crippen LogP contribution in [-0.2, 0) is 4.74 Å². The Morgan fingerprint density at radius 1 is 1.61 bits per heavy atom. The highest BCUT2D eigenvalue weighted by Gasteiger charge is 2.18. The second-order valence-corrected chi connectivity index (χ2v) is 5.13. The summed E-state index contributed by atoms with van der Waals surface area (Å²) in [5, 5.41) is 17.1. The third-order valence-electron chi connectivity index (χ3n) is 3.35. The highest BCUT2D eigenvalue weighted by atomic mass is 16.5. The number of nitrogens with one attached hydrogen (secondary N) is 1. The van der Waals surface area contributed by atoms with Gasteiger partial charge in [-0.05, 0) is 26.7 Å². The molecule has 2 atom stereocenters. The average Bonchev–Trinajstić information content (AvgIpc) is 3.00. The predicted molar refractivity (Wildman–Crippen MR) is 69.4 cm³/mol. The zero-order valence-corrected chi connectivity index (χ0v) is 11.2. The number of ether oxygens (including phenoxy) is 1. The highest BCUT2D eigenvalue weighted by Crippen LogP contribution is 2.16. The molecule has 0 spiro atoms. The van der Waals surface area contributed by atoms with Gasteiger partial charge in [0.1, 0.15) is 0 Å². The summed E-state index contributed by atoms with van der Waals surface area (Å²) in [4.78, 5) is 0. The van der Waals surface area contributed by atoms with E-state index in [9.17, 15) is 5.11 Å². The Labute approximate surface area is 108 Å². The lowest BCUT2D eigenvalue weighted by molar-refractivity contribution is 0.104. The van der Waals surface area contributed by atoms with E-state index in [0.717, 1.165) is 31.6 Å². The monoisotopic (exact) mass is 253 g/mol. The summed E-state index contributed by atoms with van der Waals surface area (Å²) in [6.07, 6.45) is 6.36.